The standard InChI is InChI=1S/C21H33N3O.2ClH/c1-17(19-5-4-11-22-16-19)15-21(25)23-20-8-6-18(7-9-20)10-14-24-12-2-3-13-24;;/h6-9,17,19,22H,2-5,10-16H2,1H3,(H,23,25);2*1H. The third-order valence-electron chi connectivity index (χ3n) is 5.80. The minimum Gasteiger partial charge on any atom is -0.326 e. The number of hydrogen-bond acceptors (Lipinski definition) is 3. The zero-order valence-electron chi connectivity index (χ0n) is 16.4. The van der Waals surface area contributed by atoms with E-state index in [0.29, 0.717) is 18.3 Å². The van der Waals surface area contributed by atoms with E-state index in [9.17, 15) is 4.79 Å². The first kappa shape index (κ1) is 24.2. The number of piperidine rings is 1. The third kappa shape index (κ3) is 7.98. The lowest BCUT2D eigenvalue weighted by Crippen LogP contribution is -2.34. The number of amides is 1. The van der Waals surface area contributed by atoms with E-state index in [1.54, 1.807) is 0 Å². The van der Waals surface area contributed by atoms with Crippen molar-refractivity contribution >= 4 is 36.4 Å². The van der Waals surface area contributed by atoms with Crippen LogP contribution in [0.2, 0.25) is 0 Å². The summed E-state index contributed by atoms with van der Waals surface area (Å²) in [6.45, 7) is 8.04. The Bertz CT molecular complexity index is 541. The number of halogens is 2. The highest BCUT2D eigenvalue weighted by atomic mass is 35.5. The van der Waals surface area contributed by atoms with E-state index in [2.05, 4.69) is 34.6 Å². The van der Waals surface area contributed by atoms with E-state index in [1.165, 1.54) is 44.3 Å². The number of benzene rings is 1. The van der Waals surface area contributed by atoms with Crippen LogP contribution in [-0.2, 0) is 11.2 Å². The molecule has 2 aliphatic rings. The average Bonchev–Trinajstić information content (AvgIpc) is 3.15. The average molecular weight is 416 g/mol. The largest absolute Gasteiger partial charge is 0.326 e. The molecule has 1 aromatic rings. The van der Waals surface area contributed by atoms with Gasteiger partial charge in [0, 0.05) is 18.7 Å². The van der Waals surface area contributed by atoms with E-state index in [-0.39, 0.29) is 30.7 Å². The predicted octanol–water partition coefficient (Wildman–Crippen LogP) is 4.13. The molecule has 0 bridgehead atoms. The highest BCUT2D eigenvalue weighted by molar-refractivity contribution is 5.90. The van der Waals surface area contributed by atoms with Crippen LogP contribution in [-0.4, -0.2) is 43.5 Å². The summed E-state index contributed by atoms with van der Waals surface area (Å²) in [5.41, 5.74) is 2.27. The first-order valence-corrected chi connectivity index (χ1v) is 10.0. The number of nitrogens with one attached hydrogen (secondary N) is 2. The maximum atomic E-state index is 12.3. The quantitative estimate of drug-likeness (QED) is 0.703. The Kier molecular flexibility index (Phi) is 11.3. The molecule has 1 amide bonds. The zero-order valence-corrected chi connectivity index (χ0v) is 18.0. The Morgan fingerprint density at radius 2 is 1.89 bits per heavy atom. The molecule has 2 fully saturated rings. The molecule has 2 saturated heterocycles. The van der Waals surface area contributed by atoms with Crippen molar-refractivity contribution in [2.75, 3.05) is 38.0 Å². The fourth-order valence-electron chi connectivity index (χ4n) is 4.08. The minimum atomic E-state index is 0. The summed E-state index contributed by atoms with van der Waals surface area (Å²) in [4.78, 5) is 14.9. The molecule has 4 nitrogen and oxygen atoms in total. The van der Waals surface area contributed by atoms with Crippen LogP contribution in [0.25, 0.3) is 0 Å². The Balaban J connectivity index is 0.00000182. The van der Waals surface area contributed by atoms with Crippen molar-refractivity contribution < 1.29 is 4.79 Å². The molecule has 154 valence electrons. The highest BCUT2D eigenvalue weighted by Gasteiger charge is 2.22. The molecule has 0 radical (unpaired) electrons. The number of hydrogen-bond donors (Lipinski definition) is 2. The van der Waals surface area contributed by atoms with Crippen molar-refractivity contribution in [3.63, 3.8) is 0 Å². The van der Waals surface area contributed by atoms with Crippen molar-refractivity contribution in [3.05, 3.63) is 29.8 Å². The Morgan fingerprint density at radius 3 is 2.52 bits per heavy atom. The molecule has 0 saturated carbocycles. The van der Waals surface area contributed by atoms with Gasteiger partial charge in [0.2, 0.25) is 5.91 Å². The van der Waals surface area contributed by atoms with Crippen LogP contribution in [0.15, 0.2) is 24.3 Å². The van der Waals surface area contributed by atoms with Crippen molar-refractivity contribution in [2.24, 2.45) is 11.8 Å². The second kappa shape index (κ2) is 12.6. The summed E-state index contributed by atoms with van der Waals surface area (Å²) in [6.07, 6.45) is 6.88. The molecule has 2 heterocycles. The van der Waals surface area contributed by atoms with Crippen LogP contribution in [0.3, 0.4) is 0 Å². The summed E-state index contributed by atoms with van der Waals surface area (Å²) in [7, 11) is 0. The Labute approximate surface area is 176 Å². The van der Waals surface area contributed by atoms with Crippen molar-refractivity contribution in [1.82, 2.24) is 10.2 Å². The normalized spacial score (nSPS) is 21.0. The monoisotopic (exact) mass is 415 g/mol. The molecule has 2 atom stereocenters. The molecular weight excluding hydrogens is 381 g/mol. The van der Waals surface area contributed by atoms with Gasteiger partial charge in [0.25, 0.3) is 0 Å². The minimum absolute atomic E-state index is 0. The fourth-order valence-corrected chi connectivity index (χ4v) is 4.08. The van der Waals surface area contributed by atoms with Crippen LogP contribution in [0.4, 0.5) is 5.69 Å². The number of carbonyl (C=O) groups is 1. The van der Waals surface area contributed by atoms with Gasteiger partial charge in [0.05, 0.1) is 0 Å². The molecule has 0 aromatic heterocycles. The molecule has 2 N–H and O–H groups in total. The van der Waals surface area contributed by atoms with Gasteiger partial charge >= 0.3 is 0 Å². The summed E-state index contributed by atoms with van der Waals surface area (Å²) >= 11 is 0. The number of carbonyl (C=O) groups excluding carboxylic acids is 1. The van der Waals surface area contributed by atoms with Crippen LogP contribution in [0.1, 0.15) is 44.6 Å². The smallest absolute Gasteiger partial charge is 0.224 e. The molecular formula is C21H35Cl2N3O. The fraction of sp³-hybridized carbons (Fsp3) is 0.667. The Morgan fingerprint density at radius 1 is 1.19 bits per heavy atom. The second-order valence-electron chi connectivity index (χ2n) is 7.83. The first-order valence-electron chi connectivity index (χ1n) is 10.0. The molecule has 6 heteroatoms. The maximum Gasteiger partial charge on any atom is 0.224 e. The molecule has 2 aliphatic heterocycles. The van der Waals surface area contributed by atoms with Crippen LogP contribution in [0, 0.1) is 11.8 Å². The van der Waals surface area contributed by atoms with Gasteiger partial charge in [-0.1, -0.05) is 19.1 Å². The van der Waals surface area contributed by atoms with Crippen molar-refractivity contribution in [1.29, 1.82) is 0 Å². The molecule has 0 spiro atoms. The van der Waals surface area contributed by atoms with Gasteiger partial charge in [0.15, 0.2) is 0 Å². The van der Waals surface area contributed by atoms with Crippen LogP contribution in [0.5, 0.6) is 0 Å². The first-order chi connectivity index (χ1) is 12.2. The summed E-state index contributed by atoms with van der Waals surface area (Å²) in [5.74, 6) is 1.21. The van der Waals surface area contributed by atoms with Gasteiger partial charge in [-0.05, 0) is 87.8 Å². The number of anilines is 1. The highest BCUT2D eigenvalue weighted by Crippen LogP contribution is 2.23. The van der Waals surface area contributed by atoms with Crippen LogP contribution >= 0.6 is 24.8 Å². The van der Waals surface area contributed by atoms with E-state index in [0.717, 1.165) is 31.7 Å². The second-order valence-corrected chi connectivity index (χ2v) is 7.83. The molecule has 27 heavy (non-hydrogen) atoms. The van der Waals surface area contributed by atoms with Gasteiger partial charge in [-0.2, -0.15) is 0 Å². The third-order valence-corrected chi connectivity index (χ3v) is 5.80. The van der Waals surface area contributed by atoms with Crippen molar-refractivity contribution in [2.45, 2.75) is 45.4 Å². The van der Waals surface area contributed by atoms with Crippen LogP contribution < -0.4 is 10.6 Å². The number of rotatable bonds is 7. The summed E-state index contributed by atoms with van der Waals surface area (Å²) in [6, 6.07) is 8.40. The van der Waals surface area contributed by atoms with Gasteiger partial charge < -0.3 is 15.5 Å². The van der Waals surface area contributed by atoms with E-state index in [4.69, 9.17) is 0 Å². The molecule has 2 unspecified atom stereocenters. The zero-order chi connectivity index (χ0) is 17.5. The van der Waals surface area contributed by atoms with E-state index >= 15 is 0 Å². The maximum absolute atomic E-state index is 12.3. The van der Waals surface area contributed by atoms with Gasteiger partial charge in [-0.3, -0.25) is 4.79 Å². The van der Waals surface area contributed by atoms with E-state index in [1.807, 2.05) is 12.1 Å². The van der Waals surface area contributed by atoms with Gasteiger partial charge in [-0.15, -0.1) is 24.8 Å². The van der Waals surface area contributed by atoms with Gasteiger partial charge in [-0.25, -0.2) is 0 Å². The lowest BCUT2D eigenvalue weighted by Gasteiger charge is -2.28. The lowest BCUT2D eigenvalue weighted by molar-refractivity contribution is -0.117. The topological polar surface area (TPSA) is 44.4 Å². The summed E-state index contributed by atoms with van der Waals surface area (Å²) < 4.78 is 0. The lowest BCUT2D eigenvalue weighted by atomic mass is 9.85. The number of likely N-dealkylation sites (tertiary alicyclic amines) is 1. The predicted molar refractivity (Wildman–Crippen MR) is 118 cm³/mol. The molecule has 1 aromatic carbocycles. The molecule has 0 aliphatic carbocycles. The van der Waals surface area contributed by atoms with Crippen molar-refractivity contribution in [3.8, 4) is 0 Å². The van der Waals surface area contributed by atoms with E-state index < -0.39 is 0 Å². The van der Waals surface area contributed by atoms with Gasteiger partial charge in [0.1, 0.15) is 0 Å². The number of nitrogens with zero attached hydrogens (tertiary/aromatic N) is 1. The Hall–Kier alpha value is -0.810. The molecule has 3 rings (SSSR count). The summed E-state index contributed by atoms with van der Waals surface area (Å²) in [5, 5.41) is 6.51. The SMILES string of the molecule is CC(CC(=O)Nc1ccc(CCN2CCCC2)cc1)C1CCCNC1.Cl.Cl.